The molecule has 2 nitrogen and oxygen atoms in total. The fourth-order valence-electron chi connectivity index (χ4n) is 1.84. The fourth-order valence-corrected chi connectivity index (χ4v) is 2.16. The van der Waals surface area contributed by atoms with Crippen molar-refractivity contribution in [3.63, 3.8) is 0 Å². The van der Waals surface area contributed by atoms with Gasteiger partial charge in [0.15, 0.2) is 0 Å². The zero-order valence-electron chi connectivity index (χ0n) is 10.5. The smallest absolute Gasteiger partial charge is 0.138 e. The number of para-hydroxylation sites is 1. The lowest BCUT2D eigenvalue weighted by Crippen LogP contribution is -2.18. The number of hydrogen-bond acceptors (Lipinski definition) is 2. The minimum Gasteiger partial charge on any atom is -0.506 e. The average molecular weight is 296 g/mol. The molecule has 1 atom stereocenters. The van der Waals surface area contributed by atoms with E-state index in [4.69, 9.17) is 23.2 Å². The molecule has 4 heteroatoms. The van der Waals surface area contributed by atoms with Crippen LogP contribution in [0.3, 0.4) is 0 Å². The Balaban J connectivity index is 2.02. The Morgan fingerprint density at radius 3 is 2.47 bits per heavy atom. The molecule has 0 saturated heterocycles. The Hall–Kier alpha value is -1.22. The third-order valence-electron chi connectivity index (χ3n) is 3.04. The maximum atomic E-state index is 9.83. The van der Waals surface area contributed by atoms with Gasteiger partial charge in [-0.2, -0.15) is 0 Å². The Bertz CT molecular complexity index is 555. The van der Waals surface area contributed by atoms with Gasteiger partial charge in [-0.15, -0.1) is 0 Å². The Kier molecular flexibility index (Phi) is 4.70. The number of hydrogen-bond donors (Lipinski definition) is 2. The molecule has 0 aliphatic carbocycles. The zero-order chi connectivity index (χ0) is 13.8. The van der Waals surface area contributed by atoms with Crippen LogP contribution in [0.15, 0.2) is 42.5 Å². The largest absolute Gasteiger partial charge is 0.506 e. The van der Waals surface area contributed by atoms with E-state index in [0.717, 1.165) is 16.1 Å². The van der Waals surface area contributed by atoms with Crippen LogP contribution in [0, 0.1) is 0 Å². The van der Waals surface area contributed by atoms with Crippen LogP contribution < -0.4 is 5.32 Å². The zero-order valence-corrected chi connectivity index (χ0v) is 12.0. The van der Waals surface area contributed by atoms with E-state index in [1.54, 1.807) is 6.07 Å². The van der Waals surface area contributed by atoms with Crippen LogP contribution in [0.2, 0.25) is 10.0 Å². The van der Waals surface area contributed by atoms with Crippen molar-refractivity contribution in [1.82, 2.24) is 5.32 Å². The van der Waals surface area contributed by atoms with Gasteiger partial charge in [0.25, 0.3) is 0 Å². The second kappa shape index (κ2) is 6.29. The first-order chi connectivity index (χ1) is 9.08. The Morgan fingerprint density at radius 1 is 1.11 bits per heavy atom. The van der Waals surface area contributed by atoms with E-state index in [0.29, 0.717) is 11.6 Å². The number of aromatic hydroxyl groups is 1. The summed E-state index contributed by atoms with van der Waals surface area (Å²) in [7, 11) is 0. The van der Waals surface area contributed by atoms with E-state index in [1.807, 2.05) is 36.4 Å². The Morgan fingerprint density at radius 2 is 1.79 bits per heavy atom. The number of rotatable bonds is 4. The van der Waals surface area contributed by atoms with E-state index < -0.39 is 0 Å². The van der Waals surface area contributed by atoms with E-state index in [2.05, 4.69) is 12.2 Å². The summed E-state index contributed by atoms with van der Waals surface area (Å²) in [5.74, 6) is 0.139. The molecule has 0 aliphatic rings. The van der Waals surface area contributed by atoms with Crippen molar-refractivity contribution in [3.05, 3.63) is 63.6 Å². The van der Waals surface area contributed by atoms with E-state index in [9.17, 15) is 5.11 Å². The van der Waals surface area contributed by atoms with Crippen molar-refractivity contribution >= 4 is 23.2 Å². The molecule has 0 spiro atoms. The maximum absolute atomic E-state index is 9.83. The molecule has 0 saturated carbocycles. The number of halogens is 2. The van der Waals surface area contributed by atoms with Crippen molar-refractivity contribution < 1.29 is 5.11 Å². The van der Waals surface area contributed by atoms with E-state index in [1.165, 1.54) is 0 Å². The molecule has 0 amide bonds. The van der Waals surface area contributed by atoms with Gasteiger partial charge in [0.2, 0.25) is 0 Å². The van der Waals surface area contributed by atoms with Crippen LogP contribution in [-0.4, -0.2) is 5.11 Å². The third kappa shape index (κ3) is 3.63. The van der Waals surface area contributed by atoms with Crippen molar-refractivity contribution in [3.8, 4) is 5.75 Å². The molecule has 2 rings (SSSR count). The van der Waals surface area contributed by atoms with Gasteiger partial charge < -0.3 is 10.4 Å². The standard InChI is InChI=1S/C15H15Cl2NO/c1-10(11-5-7-13(16)8-6-11)18-9-12-3-2-4-14(17)15(12)19/h2-8,10,18-19H,9H2,1H3/t10-/m0/s1. The lowest BCUT2D eigenvalue weighted by atomic mass is 10.1. The van der Waals surface area contributed by atoms with Gasteiger partial charge >= 0.3 is 0 Å². The van der Waals surface area contributed by atoms with Crippen molar-refractivity contribution in [2.45, 2.75) is 19.5 Å². The minimum atomic E-state index is 0.139. The summed E-state index contributed by atoms with van der Waals surface area (Å²) >= 11 is 11.7. The predicted octanol–water partition coefficient (Wildman–Crippen LogP) is 4.55. The normalized spacial score (nSPS) is 12.4. The highest BCUT2D eigenvalue weighted by atomic mass is 35.5. The molecular weight excluding hydrogens is 281 g/mol. The molecule has 0 radical (unpaired) electrons. The minimum absolute atomic E-state index is 0.139. The molecule has 0 unspecified atom stereocenters. The lowest BCUT2D eigenvalue weighted by molar-refractivity contribution is 0.460. The molecular formula is C15H15Cl2NO. The van der Waals surface area contributed by atoms with Crippen molar-refractivity contribution in [1.29, 1.82) is 0 Å². The maximum Gasteiger partial charge on any atom is 0.138 e. The highest BCUT2D eigenvalue weighted by Crippen LogP contribution is 2.27. The second-order valence-electron chi connectivity index (χ2n) is 4.40. The number of phenols is 1. The molecule has 2 aromatic rings. The summed E-state index contributed by atoms with van der Waals surface area (Å²) in [6.07, 6.45) is 0. The predicted molar refractivity (Wildman–Crippen MR) is 79.8 cm³/mol. The fraction of sp³-hybridized carbons (Fsp3) is 0.200. The number of benzene rings is 2. The first-order valence-corrected chi connectivity index (χ1v) is 6.78. The topological polar surface area (TPSA) is 32.3 Å². The van der Waals surface area contributed by atoms with Gasteiger partial charge in [0, 0.05) is 23.2 Å². The van der Waals surface area contributed by atoms with E-state index >= 15 is 0 Å². The van der Waals surface area contributed by atoms with Gasteiger partial charge in [-0.3, -0.25) is 0 Å². The van der Waals surface area contributed by atoms with Crippen molar-refractivity contribution in [2.24, 2.45) is 0 Å². The van der Waals surface area contributed by atoms with Gasteiger partial charge in [-0.1, -0.05) is 47.5 Å². The third-order valence-corrected chi connectivity index (χ3v) is 3.60. The summed E-state index contributed by atoms with van der Waals surface area (Å²) in [6.45, 7) is 2.61. The van der Waals surface area contributed by atoms with E-state index in [-0.39, 0.29) is 11.8 Å². The van der Waals surface area contributed by atoms with Gasteiger partial charge in [-0.25, -0.2) is 0 Å². The molecule has 100 valence electrons. The summed E-state index contributed by atoms with van der Waals surface area (Å²) in [4.78, 5) is 0. The molecule has 0 fully saturated rings. The van der Waals surface area contributed by atoms with Crippen molar-refractivity contribution in [2.75, 3.05) is 0 Å². The van der Waals surface area contributed by atoms with Crippen LogP contribution in [0.4, 0.5) is 0 Å². The average Bonchev–Trinajstić information content (AvgIpc) is 2.41. The first kappa shape index (κ1) is 14.2. The lowest BCUT2D eigenvalue weighted by Gasteiger charge is -2.15. The highest BCUT2D eigenvalue weighted by Gasteiger charge is 2.08. The van der Waals surface area contributed by atoms with Gasteiger partial charge in [0.05, 0.1) is 5.02 Å². The summed E-state index contributed by atoms with van der Waals surface area (Å²) in [6, 6.07) is 13.2. The van der Waals surface area contributed by atoms with Crippen LogP contribution in [0.25, 0.3) is 0 Å². The molecule has 0 aliphatic heterocycles. The molecule has 2 N–H and O–H groups in total. The van der Waals surface area contributed by atoms with Crippen LogP contribution >= 0.6 is 23.2 Å². The summed E-state index contributed by atoms with van der Waals surface area (Å²) in [5, 5.41) is 14.3. The molecule has 19 heavy (non-hydrogen) atoms. The SMILES string of the molecule is C[C@H](NCc1cccc(Cl)c1O)c1ccc(Cl)cc1. The second-order valence-corrected chi connectivity index (χ2v) is 5.25. The monoisotopic (exact) mass is 295 g/mol. The Labute approximate surface area is 123 Å². The van der Waals surface area contributed by atoms with Crippen LogP contribution in [0.5, 0.6) is 5.75 Å². The number of nitrogens with one attached hydrogen (secondary N) is 1. The highest BCUT2D eigenvalue weighted by molar-refractivity contribution is 6.32. The number of phenolic OH excluding ortho intramolecular Hbond substituents is 1. The van der Waals surface area contributed by atoms with Crippen LogP contribution in [-0.2, 0) is 6.54 Å². The van der Waals surface area contributed by atoms with Crippen LogP contribution in [0.1, 0.15) is 24.1 Å². The summed E-state index contributed by atoms with van der Waals surface area (Å²) < 4.78 is 0. The molecule has 0 aromatic heterocycles. The molecule has 0 heterocycles. The van der Waals surface area contributed by atoms with Gasteiger partial charge in [0.1, 0.15) is 5.75 Å². The summed E-state index contributed by atoms with van der Waals surface area (Å²) in [5.41, 5.74) is 1.93. The quantitative estimate of drug-likeness (QED) is 0.867. The molecule has 2 aromatic carbocycles. The van der Waals surface area contributed by atoms with Gasteiger partial charge in [-0.05, 0) is 30.7 Å². The molecule has 0 bridgehead atoms. The first-order valence-electron chi connectivity index (χ1n) is 6.03.